The maximum Gasteiger partial charge on any atom is 0.243 e. The normalized spacial score (nSPS) is 17.9. The maximum atomic E-state index is 13.3. The topological polar surface area (TPSA) is 85.9 Å². The Kier molecular flexibility index (Phi) is 7.30. The molecule has 0 radical (unpaired) electrons. The summed E-state index contributed by atoms with van der Waals surface area (Å²) in [4.78, 5) is 20.5. The molecule has 10 heteroatoms. The highest BCUT2D eigenvalue weighted by Gasteiger charge is 2.34. The Hall–Kier alpha value is -1.78. The lowest BCUT2D eigenvalue weighted by Crippen LogP contribution is -2.43. The molecule has 1 saturated heterocycles. The van der Waals surface area contributed by atoms with Crippen LogP contribution >= 0.6 is 11.6 Å². The van der Waals surface area contributed by atoms with E-state index in [9.17, 15) is 13.2 Å². The van der Waals surface area contributed by atoms with Crippen molar-refractivity contribution < 1.29 is 13.2 Å². The molecule has 8 nitrogen and oxygen atoms in total. The average molecular weight is 454 g/mol. The van der Waals surface area contributed by atoms with Crippen LogP contribution < -0.4 is 5.32 Å². The predicted octanol–water partition coefficient (Wildman–Crippen LogP) is 1.26. The van der Waals surface area contributed by atoms with Crippen LogP contribution in [0.4, 0.5) is 0 Å². The van der Waals surface area contributed by atoms with Gasteiger partial charge in [-0.1, -0.05) is 23.7 Å². The van der Waals surface area contributed by atoms with Gasteiger partial charge in [0.15, 0.2) is 0 Å². The fourth-order valence-electron chi connectivity index (χ4n) is 3.55. The molecule has 0 bridgehead atoms. The number of amides is 1. The number of hydrogen-bond acceptors (Lipinski definition) is 6. The van der Waals surface area contributed by atoms with Crippen LogP contribution in [0.15, 0.2) is 35.5 Å². The number of nitrogens with one attached hydrogen (secondary N) is 1. The van der Waals surface area contributed by atoms with Gasteiger partial charge in [-0.2, -0.15) is 4.31 Å². The Morgan fingerprint density at radius 2 is 2.03 bits per heavy atom. The number of halogens is 1. The molecule has 1 N–H and O–H groups in total. The van der Waals surface area contributed by atoms with Crippen LogP contribution in [0.5, 0.6) is 0 Å². The first-order valence-electron chi connectivity index (χ1n) is 9.83. The number of carbonyl (C=O) groups is 1. The second-order valence-corrected chi connectivity index (χ2v) is 10.2. The fourth-order valence-corrected chi connectivity index (χ4v) is 5.61. The summed E-state index contributed by atoms with van der Waals surface area (Å²) in [5.41, 5.74) is 0. The molecule has 1 amide bonds. The number of likely N-dealkylation sites (N-methyl/N-ethyl adjacent to an activating group) is 2. The first kappa shape index (κ1) is 22.9. The van der Waals surface area contributed by atoms with Gasteiger partial charge in [0.05, 0.1) is 16.5 Å². The summed E-state index contributed by atoms with van der Waals surface area (Å²) in [6.07, 6.45) is 3.62. The van der Waals surface area contributed by atoms with Crippen molar-refractivity contribution >= 4 is 38.3 Å². The Labute approximate surface area is 182 Å². The summed E-state index contributed by atoms with van der Waals surface area (Å²) in [5, 5.41) is 4.42. The first-order chi connectivity index (χ1) is 14.2. The molecule has 0 aliphatic carbocycles. The Morgan fingerprint density at radius 1 is 1.27 bits per heavy atom. The third-order valence-corrected chi connectivity index (χ3v) is 7.37. The van der Waals surface area contributed by atoms with Crippen molar-refractivity contribution in [3.05, 3.63) is 35.6 Å². The monoisotopic (exact) mass is 453 g/mol. The van der Waals surface area contributed by atoms with Gasteiger partial charge in [-0.05, 0) is 33.6 Å². The number of nitrogens with zero attached hydrogens (tertiary/aromatic N) is 4. The van der Waals surface area contributed by atoms with Crippen LogP contribution in [0.3, 0.4) is 0 Å². The minimum Gasteiger partial charge on any atom is -0.351 e. The minimum atomic E-state index is -3.74. The highest BCUT2D eigenvalue weighted by molar-refractivity contribution is 7.89. The van der Waals surface area contributed by atoms with Gasteiger partial charge in [0.2, 0.25) is 15.9 Å². The number of rotatable bonds is 8. The SMILES string of the molecule is CN(C)CCN(C)CC(=O)N[C@H]1CCN(S(=O)(=O)c2cccc3cncc(Cl)c23)C1. The van der Waals surface area contributed by atoms with E-state index >= 15 is 0 Å². The first-order valence-corrected chi connectivity index (χ1v) is 11.7. The number of carbonyl (C=O) groups excluding carboxylic acids is 1. The van der Waals surface area contributed by atoms with Crippen molar-refractivity contribution in [2.75, 3.05) is 53.9 Å². The van der Waals surface area contributed by atoms with Crippen molar-refractivity contribution in [3.63, 3.8) is 0 Å². The number of aromatic nitrogens is 1. The van der Waals surface area contributed by atoms with E-state index in [1.54, 1.807) is 24.4 Å². The molecule has 1 aliphatic heterocycles. The van der Waals surface area contributed by atoms with Crippen LogP contribution in [0.25, 0.3) is 10.8 Å². The molecular formula is C20H28ClN5O3S. The van der Waals surface area contributed by atoms with Gasteiger partial charge < -0.3 is 10.2 Å². The van der Waals surface area contributed by atoms with Crippen LogP contribution in [-0.4, -0.2) is 93.3 Å². The fraction of sp³-hybridized carbons (Fsp3) is 0.500. The second kappa shape index (κ2) is 9.57. The maximum absolute atomic E-state index is 13.3. The van der Waals surface area contributed by atoms with Gasteiger partial charge >= 0.3 is 0 Å². The lowest BCUT2D eigenvalue weighted by Gasteiger charge is -2.21. The largest absolute Gasteiger partial charge is 0.351 e. The van der Waals surface area contributed by atoms with E-state index in [1.807, 2.05) is 26.0 Å². The predicted molar refractivity (Wildman–Crippen MR) is 118 cm³/mol. The van der Waals surface area contributed by atoms with E-state index in [-0.39, 0.29) is 29.9 Å². The third kappa shape index (κ3) is 5.28. The summed E-state index contributed by atoms with van der Waals surface area (Å²) >= 11 is 6.26. The molecule has 1 aromatic carbocycles. The zero-order chi connectivity index (χ0) is 21.9. The molecule has 2 aromatic rings. The Morgan fingerprint density at radius 3 is 2.77 bits per heavy atom. The average Bonchev–Trinajstić information content (AvgIpc) is 3.15. The van der Waals surface area contributed by atoms with Crippen molar-refractivity contribution in [3.8, 4) is 0 Å². The van der Waals surface area contributed by atoms with Crippen molar-refractivity contribution in [2.24, 2.45) is 0 Å². The number of pyridine rings is 1. The third-order valence-electron chi connectivity index (χ3n) is 5.18. The molecule has 164 valence electrons. The molecule has 3 rings (SSSR count). The quantitative estimate of drug-likeness (QED) is 0.647. The van der Waals surface area contributed by atoms with Crippen LogP contribution in [0.2, 0.25) is 5.02 Å². The Bertz CT molecular complexity index is 1010. The van der Waals surface area contributed by atoms with E-state index in [0.29, 0.717) is 28.8 Å². The van der Waals surface area contributed by atoms with Crippen LogP contribution in [0.1, 0.15) is 6.42 Å². The summed E-state index contributed by atoms with van der Waals surface area (Å²) in [5.74, 6) is -0.0974. The van der Waals surface area contributed by atoms with E-state index in [1.165, 1.54) is 10.5 Å². The van der Waals surface area contributed by atoms with E-state index in [2.05, 4.69) is 15.2 Å². The van der Waals surface area contributed by atoms with Crippen LogP contribution in [0, 0.1) is 0 Å². The van der Waals surface area contributed by atoms with Crippen molar-refractivity contribution in [1.29, 1.82) is 0 Å². The van der Waals surface area contributed by atoms with E-state index < -0.39 is 10.0 Å². The summed E-state index contributed by atoms with van der Waals surface area (Å²) in [6, 6.07) is 4.83. The molecule has 1 aromatic heterocycles. The molecule has 1 aliphatic rings. The zero-order valence-corrected chi connectivity index (χ0v) is 19.1. The lowest BCUT2D eigenvalue weighted by molar-refractivity contribution is -0.122. The zero-order valence-electron chi connectivity index (χ0n) is 17.5. The number of fused-ring (bicyclic) bond motifs is 1. The van der Waals surface area contributed by atoms with Crippen LogP contribution in [-0.2, 0) is 14.8 Å². The van der Waals surface area contributed by atoms with Gasteiger partial charge in [-0.25, -0.2) is 8.42 Å². The Balaban J connectivity index is 1.66. The summed E-state index contributed by atoms with van der Waals surface area (Å²) in [6.45, 7) is 2.52. The van der Waals surface area contributed by atoms with Gasteiger partial charge in [-0.3, -0.25) is 14.7 Å². The molecule has 0 spiro atoms. The smallest absolute Gasteiger partial charge is 0.243 e. The summed E-state index contributed by atoms with van der Waals surface area (Å²) in [7, 11) is 2.13. The summed E-state index contributed by atoms with van der Waals surface area (Å²) < 4.78 is 28.0. The molecule has 1 atom stereocenters. The molecule has 2 heterocycles. The number of hydrogen-bond donors (Lipinski definition) is 1. The van der Waals surface area contributed by atoms with Gasteiger partial charge in [-0.15, -0.1) is 0 Å². The highest BCUT2D eigenvalue weighted by atomic mass is 35.5. The standard InChI is InChI=1S/C20H28ClN5O3S/c1-24(2)9-10-25(3)14-19(27)23-16-7-8-26(13-16)30(28,29)18-6-4-5-15-11-22-12-17(21)20(15)18/h4-6,11-12,16H,7-10,13-14H2,1-3H3,(H,23,27)/t16-/m0/s1. The minimum absolute atomic E-state index is 0.0974. The van der Waals surface area contributed by atoms with Crippen molar-refractivity contribution in [1.82, 2.24) is 24.4 Å². The van der Waals surface area contributed by atoms with Crippen molar-refractivity contribution in [2.45, 2.75) is 17.4 Å². The molecule has 0 saturated carbocycles. The molecule has 1 fully saturated rings. The molecular weight excluding hydrogens is 426 g/mol. The second-order valence-electron chi connectivity index (χ2n) is 7.93. The lowest BCUT2D eigenvalue weighted by atomic mass is 10.2. The number of benzene rings is 1. The molecule has 0 unspecified atom stereocenters. The highest BCUT2D eigenvalue weighted by Crippen LogP contribution is 2.32. The van der Waals surface area contributed by atoms with E-state index in [0.717, 1.165) is 13.1 Å². The van der Waals surface area contributed by atoms with E-state index in [4.69, 9.17) is 11.6 Å². The number of sulfonamides is 1. The van der Waals surface area contributed by atoms with Gasteiger partial charge in [0.25, 0.3) is 0 Å². The van der Waals surface area contributed by atoms with Gasteiger partial charge in [0.1, 0.15) is 0 Å². The van der Waals surface area contributed by atoms with Gasteiger partial charge in [0, 0.05) is 55.4 Å². The molecule has 30 heavy (non-hydrogen) atoms.